The van der Waals surface area contributed by atoms with Gasteiger partial charge in [-0.05, 0) is 55.1 Å². The van der Waals surface area contributed by atoms with Crippen LogP contribution in [-0.2, 0) is 25.8 Å². The number of aromatic nitrogens is 1. The maximum absolute atomic E-state index is 6.51. The summed E-state index contributed by atoms with van der Waals surface area (Å²) in [6, 6.07) is 12.8. The highest BCUT2D eigenvalue weighted by molar-refractivity contribution is 7.09. The molecule has 1 aromatic heterocycles. The maximum atomic E-state index is 6.51. The molecule has 1 aliphatic rings. The summed E-state index contributed by atoms with van der Waals surface area (Å²) in [5.41, 5.74) is 7.34. The lowest BCUT2D eigenvalue weighted by molar-refractivity contribution is 0.711. The number of aryl methyl sites for hydroxylation is 1. The molecule has 0 unspecified atom stereocenters. The summed E-state index contributed by atoms with van der Waals surface area (Å²) in [5, 5.41) is 11.2. The number of benzene rings is 2. The van der Waals surface area contributed by atoms with Gasteiger partial charge in [0.05, 0.1) is 21.4 Å². The Morgan fingerprint density at radius 1 is 1.11 bits per heavy atom. The third kappa shape index (κ3) is 4.18. The monoisotopic (exact) mass is 397 g/mol. The second kappa shape index (κ2) is 8.42. The van der Waals surface area contributed by atoms with Crippen molar-refractivity contribution in [1.82, 2.24) is 10.3 Å². The minimum absolute atomic E-state index is 0.765. The van der Waals surface area contributed by atoms with E-state index in [1.165, 1.54) is 27.3 Å². The number of anilines is 1. The van der Waals surface area contributed by atoms with Crippen LogP contribution in [-0.4, -0.2) is 18.1 Å². The second-order valence-electron chi connectivity index (χ2n) is 6.84. The lowest BCUT2D eigenvalue weighted by Gasteiger charge is -2.16. The summed E-state index contributed by atoms with van der Waals surface area (Å²) < 4.78 is 0. The van der Waals surface area contributed by atoms with Gasteiger partial charge in [-0.3, -0.25) is 0 Å². The van der Waals surface area contributed by atoms with Gasteiger partial charge in [-0.25, -0.2) is 4.98 Å². The molecule has 140 valence electrons. The molecule has 0 atom stereocenters. The quantitative estimate of drug-likeness (QED) is 0.611. The van der Waals surface area contributed by atoms with Crippen molar-refractivity contribution < 1.29 is 0 Å². The van der Waals surface area contributed by atoms with Gasteiger partial charge in [-0.2, -0.15) is 0 Å². The molecule has 0 fully saturated rings. The molecule has 3 nitrogen and oxygen atoms in total. The molecule has 0 bridgehead atoms. The van der Waals surface area contributed by atoms with Crippen LogP contribution in [0, 0.1) is 0 Å². The summed E-state index contributed by atoms with van der Waals surface area (Å²) >= 11 is 8.24. The fourth-order valence-corrected chi connectivity index (χ4v) is 4.52. The lowest BCUT2D eigenvalue weighted by atomic mass is 10.0. The molecule has 0 saturated heterocycles. The van der Waals surface area contributed by atoms with Crippen LogP contribution in [0.5, 0.6) is 0 Å². The summed E-state index contributed by atoms with van der Waals surface area (Å²) in [6.45, 7) is 4.94. The van der Waals surface area contributed by atoms with E-state index in [4.69, 9.17) is 11.6 Å². The lowest BCUT2D eigenvalue weighted by Crippen LogP contribution is -2.16. The first-order valence-electron chi connectivity index (χ1n) is 9.53. The van der Waals surface area contributed by atoms with E-state index >= 15 is 0 Å². The minimum Gasteiger partial charge on any atom is -0.380 e. The number of nitrogens with zero attached hydrogens (tertiary/aromatic N) is 1. The first kappa shape index (κ1) is 18.5. The molecule has 0 aliphatic carbocycles. The van der Waals surface area contributed by atoms with Crippen LogP contribution in [0.4, 0.5) is 5.69 Å². The average Bonchev–Trinajstić information content (AvgIpc) is 3.06. The van der Waals surface area contributed by atoms with Crippen molar-refractivity contribution in [2.75, 3.05) is 18.4 Å². The predicted octanol–water partition coefficient (Wildman–Crippen LogP) is 5.33. The van der Waals surface area contributed by atoms with Crippen molar-refractivity contribution in [2.24, 2.45) is 0 Å². The summed E-state index contributed by atoms with van der Waals surface area (Å²) in [4.78, 5) is 4.67. The van der Waals surface area contributed by atoms with Crippen molar-refractivity contribution in [3.05, 3.63) is 68.5 Å². The molecule has 0 spiro atoms. The van der Waals surface area contributed by atoms with E-state index in [1.54, 1.807) is 11.3 Å². The molecule has 27 heavy (non-hydrogen) atoms. The molecular weight excluding hydrogens is 374 g/mol. The minimum atomic E-state index is 0.765. The molecule has 0 radical (unpaired) electrons. The first-order chi connectivity index (χ1) is 13.2. The third-order valence-corrected chi connectivity index (χ3v) is 6.36. The second-order valence-corrected chi connectivity index (χ2v) is 8.19. The Balaban J connectivity index is 1.49. The summed E-state index contributed by atoms with van der Waals surface area (Å²) in [6.07, 6.45) is 3.06. The van der Waals surface area contributed by atoms with Gasteiger partial charge in [-0.15, -0.1) is 11.3 Å². The summed E-state index contributed by atoms with van der Waals surface area (Å²) in [5.74, 6) is 0. The zero-order chi connectivity index (χ0) is 18.6. The SMILES string of the molecule is CCc1nc(-c2ccc(CNc3c(Cl)ccc4c3CCNCC4)cc2)cs1. The fraction of sp³-hybridized carbons (Fsp3) is 0.318. The van der Waals surface area contributed by atoms with Crippen LogP contribution >= 0.6 is 22.9 Å². The Kier molecular flexibility index (Phi) is 5.77. The van der Waals surface area contributed by atoms with E-state index in [2.05, 4.69) is 58.3 Å². The van der Waals surface area contributed by atoms with Crippen molar-refractivity contribution in [2.45, 2.75) is 32.7 Å². The maximum Gasteiger partial charge on any atom is 0.0929 e. The largest absolute Gasteiger partial charge is 0.380 e. The van der Waals surface area contributed by atoms with E-state index in [9.17, 15) is 0 Å². The Bertz CT molecular complexity index is 918. The molecule has 2 aromatic carbocycles. The number of hydrogen-bond acceptors (Lipinski definition) is 4. The van der Waals surface area contributed by atoms with Crippen LogP contribution in [0.1, 0.15) is 28.6 Å². The van der Waals surface area contributed by atoms with Crippen LogP contribution in [0.25, 0.3) is 11.3 Å². The fourth-order valence-electron chi connectivity index (χ4n) is 3.52. The Labute approximate surface area is 169 Å². The van der Waals surface area contributed by atoms with Crippen molar-refractivity contribution in [1.29, 1.82) is 0 Å². The first-order valence-corrected chi connectivity index (χ1v) is 10.8. The Morgan fingerprint density at radius 3 is 2.70 bits per heavy atom. The van der Waals surface area contributed by atoms with Gasteiger partial charge in [0.15, 0.2) is 0 Å². The number of thiazole rings is 1. The van der Waals surface area contributed by atoms with Crippen LogP contribution in [0.3, 0.4) is 0 Å². The number of hydrogen-bond donors (Lipinski definition) is 2. The van der Waals surface area contributed by atoms with E-state index in [-0.39, 0.29) is 0 Å². The highest BCUT2D eigenvalue weighted by Crippen LogP contribution is 2.31. The van der Waals surface area contributed by atoms with Gasteiger partial charge < -0.3 is 10.6 Å². The standard InChI is InChI=1S/C22H24ClN3S/c1-2-21-26-20(14-27-21)17-5-3-15(4-6-17)13-25-22-18-10-12-24-11-9-16(18)7-8-19(22)23/h3-8,14,24-25H,2,9-13H2,1H3. The number of nitrogens with one attached hydrogen (secondary N) is 2. The molecule has 1 aliphatic heterocycles. The third-order valence-electron chi connectivity index (χ3n) is 5.06. The van der Waals surface area contributed by atoms with Crippen LogP contribution < -0.4 is 10.6 Å². The molecule has 2 N–H and O–H groups in total. The van der Waals surface area contributed by atoms with Crippen molar-refractivity contribution in [3.8, 4) is 11.3 Å². The molecule has 3 aromatic rings. The van der Waals surface area contributed by atoms with Gasteiger partial charge in [0.2, 0.25) is 0 Å². The molecule has 0 saturated carbocycles. The molecule has 0 amide bonds. The number of rotatable bonds is 5. The normalized spacial score (nSPS) is 13.9. The van der Waals surface area contributed by atoms with Crippen LogP contribution in [0.15, 0.2) is 41.8 Å². The van der Waals surface area contributed by atoms with Gasteiger partial charge in [-0.1, -0.05) is 48.9 Å². The van der Waals surface area contributed by atoms with E-state index in [1.807, 2.05) is 6.07 Å². The van der Waals surface area contributed by atoms with Crippen molar-refractivity contribution >= 4 is 28.6 Å². The van der Waals surface area contributed by atoms with E-state index < -0.39 is 0 Å². The number of halogens is 1. The van der Waals surface area contributed by atoms with Gasteiger partial charge in [0, 0.05) is 17.5 Å². The van der Waals surface area contributed by atoms with Gasteiger partial charge in [0.1, 0.15) is 0 Å². The van der Waals surface area contributed by atoms with Gasteiger partial charge in [0.25, 0.3) is 0 Å². The van der Waals surface area contributed by atoms with Crippen molar-refractivity contribution in [3.63, 3.8) is 0 Å². The van der Waals surface area contributed by atoms with Crippen LogP contribution in [0.2, 0.25) is 5.02 Å². The average molecular weight is 398 g/mol. The zero-order valence-electron chi connectivity index (χ0n) is 15.5. The topological polar surface area (TPSA) is 37.0 Å². The molecule has 2 heterocycles. The Hall–Kier alpha value is -1.88. The van der Waals surface area contributed by atoms with E-state index in [0.717, 1.165) is 55.3 Å². The summed E-state index contributed by atoms with van der Waals surface area (Å²) in [7, 11) is 0. The highest BCUT2D eigenvalue weighted by atomic mass is 35.5. The van der Waals surface area contributed by atoms with E-state index in [0.29, 0.717) is 0 Å². The Morgan fingerprint density at radius 2 is 1.93 bits per heavy atom. The molecular formula is C22H24ClN3S. The van der Waals surface area contributed by atoms with Gasteiger partial charge >= 0.3 is 0 Å². The smallest absolute Gasteiger partial charge is 0.0929 e. The zero-order valence-corrected chi connectivity index (χ0v) is 17.1. The highest BCUT2D eigenvalue weighted by Gasteiger charge is 2.14. The molecule has 5 heteroatoms. The predicted molar refractivity (Wildman–Crippen MR) is 116 cm³/mol. The molecule has 4 rings (SSSR count). The number of fused-ring (bicyclic) bond motifs is 1.